The van der Waals surface area contributed by atoms with Crippen LogP contribution in [0.3, 0.4) is 0 Å². The highest BCUT2D eigenvalue weighted by Crippen LogP contribution is 2.31. The van der Waals surface area contributed by atoms with Gasteiger partial charge in [-0.05, 0) is 12.8 Å². The van der Waals surface area contributed by atoms with Gasteiger partial charge in [0.15, 0.2) is 5.82 Å². The summed E-state index contributed by atoms with van der Waals surface area (Å²) in [5, 5.41) is 0.558. The highest BCUT2D eigenvalue weighted by Gasteiger charge is 2.24. The second-order valence-electron chi connectivity index (χ2n) is 4.76. The number of aromatic amines is 1. The Hall–Kier alpha value is -1.82. The smallest absolute Gasteiger partial charge is 0.318 e. The predicted octanol–water partition coefficient (Wildman–Crippen LogP) is 2.25. The molecule has 2 aromatic rings. The SMILES string of the molecule is COc1ncc(Cl)c(N2CCC(c3ncc[nH]3)CC2)n1. The Morgan fingerprint density at radius 2 is 2.15 bits per heavy atom. The van der Waals surface area contributed by atoms with Gasteiger partial charge in [-0.3, -0.25) is 0 Å². The van der Waals surface area contributed by atoms with Gasteiger partial charge in [0.2, 0.25) is 0 Å². The molecule has 0 saturated carbocycles. The summed E-state index contributed by atoms with van der Waals surface area (Å²) < 4.78 is 5.06. The Balaban J connectivity index is 1.72. The van der Waals surface area contributed by atoms with Crippen LogP contribution in [0.5, 0.6) is 6.01 Å². The van der Waals surface area contributed by atoms with Crippen LogP contribution in [0.1, 0.15) is 24.6 Å². The topological polar surface area (TPSA) is 66.9 Å². The molecule has 0 unspecified atom stereocenters. The quantitative estimate of drug-likeness (QED) is 0.940. The standard InChI is InChI=1S/C13H16ClN5O/c1-20-13-17-8-10(14)12(18-13)19-6-2-9(3-7-19)11-15-4-5-16-11/h4-5,8-9H,2-3,6-7H2,1H3,(H,15,16). The van der Waals surface area contributed by atoms with Gasteiger partial charge in [0.25, 0.3) is 0 Å². The van der Waals surface area contributed by atoms with Gasteiger partial charge in [-0.1, -0.05) is 11.6 Å². The Labute approximate surface area is 122 Å². The first-order chi connectivity index (χ1) is 9.78. The first-order valence-corrected chi connectivity index (χ1v) is 6.96. The largest absolute Gasteiger partial charge is 0.467 e. The minimum absolute atomic E-state index is 0.345. The summed E-state index contributed by atoms with van der Waals surface area (Å²) in [6, 6.07) is 0.345. The van der Waals surface area contributed by atoms with Crippen molar-refractivity contribution in [3.63, 3.8) is 0 Å². The summed E-state index contributed by atoms with van der Waals surface area (Å²) in [6.07, 6.45) is 7.30. The van der Waals surface area contributed by atoms with Crippen LogP contribution in [0, 0.1) is 0 Å². The van der Waals surface area contributed by atoms with E-state index in [0.717, 1.165) is 37.6 Å². The van der Waals surface area contributed by atoms with Gasteiger partial charge < -0.3 is 14.6 Å². The third-order valence-corrected chi connectivity index (χ3v) is 3.85. The van der Waals surface area contributed by atoms with Crippen molar-refractivity contribution >= 4 is 17.4 Å². The van der Waals surface area contributed by atoms with Crippen molar-refractivity contribution in [2.45, 2.75) is 18.8 Å². The zero-order valence-corrected chi connectivity index (χ0v) is 12.0. The minimum Gasteiger partial charge on any atom is -0.467 e. The number of rotatable bonds is 3. The molecule has 6 nitrogen and oxygen atoms in total. The molecule has 0 atom stereocenters. The average molecular weight is 294 g/mol. The summed E-state index contributed by atoms with van der Waals surface area (Å²) in [6.45, 7) is 1.79. The van der Waals surface area contributed by atoms with Gasteiger partial charge in [-0.2, -0.15) is 4.98 Å². The number of H-pyrrole nitrogens is 1. The van der Waals surface area contributed by atoms with Crippen molar-refractivity contribution in [2.75, 3.05) is 25.1 Å². The number of aromatic nitrogens is 4. The number of methoxy groups -OCH3 is 1. The van der Waals surface area contributed by atoms with Gasteiger partial charge in [-0.15, -0.1) is 0 Å². The number of ether oxygens (including phenoxy) is 1. The highest BCUT2D eigenvalue weighted by atomic mass is 35.5. The summed E-state index contributed by atoms with van der Waals surface area (Å²) >= 11 is 6.18. The lowest BCUT2D eigenvalue weighted by atomic mass is 9.96. The van der Waals surface area contributed by atoms with Crippen LogP contribution in [-0.2, 0) is 0 Å². The lowest BCUT2D eigenvalue weighted by Crippen LogP contribution is -2.34. The van der Waals surface area contributed by atoms with Gasteiger partial charge >= 0.3 is 6.01 Å². The normalized spacial score (nSPS) is 16.4. The molecular formula is C13H16ClN5O. The zero-order chi connectivity index (χ0) is 13.9. The average Bonchev–Trinajstić information content (AvgIpc) is 3.02. The molecule has 0 aromatic carbocycles. The molecule has 0 aliphatic carbocycles. The Morgan fingerprint density at radius 1 is 1.35 bits per heavy atom. The molecule has 0 radical (unpaired) electrons. The fourth-order valence-electron chi connectivity index (χ4n) is 2.53. The van der Waals surface area contributed by atoms with E-state index in [2.05, 4.69) is 24.8 Å². The molecule has 1 saturated heterocycles. The second kappa shape index (κ2) is 5.66. The van der Waals surface area contributed by atoms with Crippen molar-refractivity contribution < 1.29 is 4.74 Å². The van der Waals surface area contributed by atoms with E-state index >= 15 is 0 Å². The summed E-state index contributed by atoms with van der Waals surface area (Å²) in [7, 11) is 1.55. The van der Waals surface area contributed by atoms with Crippen LogP contribution < -0.4 is 9.64 Å². The molecule has 20 heavy (non-hydrogen) atoms. The highest BCUT2D eigenvalue weighted by molar-refractivity contribution is 6.32. The van der Waals surface area contributed by atoms with E-state index in [1.807, 2.05) is 6.20 Å². The molecule has 106 valence electrons. The maximum atomic E-state index is 6.18. The summed E-state index contributed by atoms with van der Waals surface area (Å²) in [5.41, 5.74) is 0. The number of halogens is 1. The number of nitrogens with one attached hydrogen (secondary N) is 1. The molecule has 1 N–H and O–H groups in total. The van der Waals surface area contributed by atoms with Gasteiger partial charge in [0.1, 0.15) is 10.8 Å². The van der Waals surface area contributed by atoms with E-state index in [-0.39, 0.29) is 0 Å². The van der Waals surface area contributed by atoms with Crippen LogP contribution in [0.15, 0.2) is 18.6 Å². The molecule has 3 rings (SSSR count). The van der Waals surface area contributed by atoms with Crippen LogP contribution in [0.2, 0.25) is 5.02 Å². The number of imidazole rings is 1. The van der Waals surface area contributed by atoms with Crippen molar-refractivity contribution in [2.24, 2.45) is 0 Å². The summed E-state index contributed by atoms with van der Waals surface area (Å²) in [5.74, 6) is 2.29. The predicted molar refractivity (Wildman–Crippen MR) is 76.4 cm³/mol. The van der Waals surface area contributed by atoms with Crippen molar-refractivity contribution in [3.8, 4) is 6.01 Å². The first kappa shape index (κ1) is 13.2. The number of anilines is 1. The molecule has 1 fully saturated rings. The molecule has 7 heteroatoms. The number of hydrogen-bond acceptors (Lipinski definition) is 5. The molecule has 2 aromatic heterocycles. The lowest BCUT2D eigenvalue weighted by molar-refractivity contribution is 0.379. The summed E-state index contributed by atoms with van der Waals surface area (Å²) in [4.78, 5) is 18.0. The van der Waals surface area contributed by atoms with Crippen LogP contribution in [-0.4, -0.2) is 40.1 Å². The second-order valence-corrected chi connectivity index (χ2v) is 5.17. The minimum atomic E-state index is 0.345. The fraction of sp³-hybridized carbons (Fsp3) is 0.462. The Kier molecular flexibility index (Phi) is 3.73. The van der Waals surface area contributed by atoms with Crippen molar-refractivity contribution in [1.82, 2.24) is 19.9 Å². The molecule has 0 bridgehead atoms. The molecule has 0 amide bonds. The molecule has 0 spiro atoms. The van der Waals surface area contributed by atoms with E-state index in [1.54, 1.807) is 19.5 Å². The first-order valence-electron chi connectivity index (χ1n) is 6.58. The molecule has 3 heterocycles. The lowest BCUT2D eigenvalue weighted by Gasteiger charge is -2.32. The van der Waals surface area contributed by atoms with Gasteiger partial charge in [0.05, 0.1) is 13.3 Å². The van der Waals surface area contributed by atoms with Gasteiger partial charge in [-0.25, -0.2) is 9.97 Å². The third kappa shape index (κ3) is 2.56. The monoisotopic (exact) mass is 293 g/mol. The van der Waals surface area contributed by atoms with E-state index in [0.29, 0.717) is 17.0 Å². The maximum Gasteiger partial charge on any atom is 0.318 e. The Bertz CT molecular complexity index is 566. The maximum absolute atomic E-state index is 6.18. The van der Waals surface area contributed by atoms with E-state index < -0.39 is 0 Å². The van der Waals surface area contributed by atoms with E-state index in [4.69, 9.17) is 16.3 Å². The van der Waals surface area contributed by atoms with E-state index in [1.165, 1.54) is 0 Å². The number of piperidine rings is 1. The molecular weight excluding hydrogens is 278 g/mol. The van der Waals surface area contributed by atoms with Crippen LogP contribution in [0.4, 0.5) is 5.82 Å². The molecule has 1 aliphatic heterocycles. The van der Waals surface area contributed by atoms with Gasteiger partial charge in [0, 0.05) is 31.4 Å². The number of nitrogens with zero attached hydrogens (tertiary/aromatic N) is 4. The van der Waals surface area contributed by atoms with E-state index in [9.17, 15) is 0 Å². The zero-order valence-electron chi connectivity index (χ0n) is 11.2. The molecule has 1 aliphatic rings. The number of hydrogen-bond donors (Lipinski definition) is 1. The van der Waals surface area contributed by atoms with Crippen LogP contribution in [0.25, 0.3) is 0 Å². The van der Waals surface area contributed by atoms with Crippen molar-refractivity contribution in [3.05, 3.63) is 29.4 Å². The van der Waals surface area contributed by atoms with Crippen molar-refractivity contribution in [1.29, 1.82) is 0 Å². The van der Waals surface area contributed by atoms with Crippen LogP contribution >= 0.6 is 11.6 Å². The fourth-order valence-corrected chi connectivity index (χ4v) is 2.74. The third-order valence-electron chi connectivity index (χ3n) is 3.59. The Morgan fingerprint density at radius 3 is 2.80 bits per heavy atom.